The van der Waals surface area contributed by atoms with Crippen LogP contribution in [0, 0.1) is 0 Å². The zero-order valence-corrected chi connectivity index (χ0v) is 11.7. The fourth-order valence-corrected chi connectivity index (χ4v) is 2.40. The molecule has 0 fully saturated rings. The SMILES string of the molecule is CCC(C)(CCCl)Nc1ccc2ccccc2n1. The minimum Gasteiger partial charge on any atom is -0.365 e. The number of halogens is 1. The van der Waals surface area contributed by atoms with Crippen LogP contribution in [0.15, 0.2) is 36.4 Å². The highest BCUT2D eigenvalue weighted by atomic mass is 35.5. The highest BCUT2D eigenvalue weighted by Crippen LogP contribution is 2.23. The van der Waals surface area contributed by atoms with Crippen LogP contribution in [0.25, 0.3) is 10.9 Å². The third-order valence-electron chi connectivity index (χ3n) is 3.45. The van der Waals surface area contributed by atoms with Crippen LogP contribution >= 0.6 is 11.6 Å². The lowest BCUT2D eigenvalue weighted by Crippen LogP contribution is -2.34. The Labute approximate surface area is 113 Å². The van der Waals surface area contributed by atoms with Gasteiger partial charge in [0.1, 0.15) is 5.82 Å². The van der Waals surface area contributed by atoms with Gasteiger partial charge in [0.15, 0.2) is 0 Å². The summed E-state index contributed by atoms with van der Waals surface area (Å²) in [5.74, 6) is 1.58. The number of alkyl halides is 1. The van der Waals surface area contributed by atoms with Crippen molar-refractivity contribution in [2.24, 2.45) is 0 Å². The summed E-state index contributed by atoms with van der Waals surface area (Å²) in [5, 5.41) is 4.67. The fraction of sp³-hybridized carbons (Fsp3) is 0.400. The second-order valence-corrected chi connectivity index (χ2v) is 5.25. The van der Waals surface area contributed by atoms with Gasteiger partial charge in [0, 0.05) is 16.8 Å². The van der Waals surface area contributed by atoms with Crippen molar-refractivity contribution >= 4 is 28.3 Å². The van der Waals surface area contributed by atoms with Crippen molar-refractivity contribution in [1.29, 1.82) is 0 Å². The molecular weight excluding hydrogens is 244 g/mol. The molecule has 0 radical (unpaired) electrons. The van der Waals surface area contributed by atoms with E-state index in [0.29, 0.717) is 5.88 Å². The van der Waals surface area contributed by atoms with E-state index in [0.717, 1.165) is 24.2 Å². The zero-order chi connectivity index (χ0) is 13.0. The summed E-state index contributed by atoms with van der Waals surface area (Å²) in [4.78, 5) is 4.64. The number of nitrogens with one attached hydrogen (secondary N) is 1. The van der Waals surface area contributed by atoms with E-state index in [2.05, 4.69) is 36.3 Å². The van der Waals surface area contributed by atoms with Crippen LogP contribution in [-0.2, 0) is 0 Å². The van der Waals surface area contributed by atoms with Crippen LogP contribution in [0.1, 0.15) is 26.7 Å². The van der Waals surface area contributed by atoms with Crippen LogP contribution in [0.5, 0.6) is 0 Å². The minimum absolute atomic E-state index is 0.0111. The molecular formula is C15H19ClN2. The first kappa shape index (κ1) is 13.2. The Morgan fingerprint density at radius 3 is 2.72 bits per heavy atom. The molecule has 2 rings (SSSR count). The van der Waals surface area contributed by atoms with Crippen LogP contribution in [0.4, 0.5) is 5.82 Å². The smallest absolute Gasteiger partial charge is 0.127 e. The summed E-state index contributed by atoms with van der Waals surface area (Å²) in [7, 11) is 0. The van der Waals surface area contributed by atoms with Crippen LogP contribution in [0.2, 0.25) is 0 Å². The molecule has 1 unspecified atom stereocenters. The molecule has 2 nitrogen and oxygen atoms in total. The van der Waals surface area contributed by atoms with Gasteiger partial charge in [0.2, 0.25) is 0 Å². The Kier molecular flexibility index (Phi) is 4.07. The first-order valence-corrected chi connectivity index (χ1v) is 6.90. The molecule has 0 amide bonds. The third kappa shape index (κ3) is 2.94. The maximum Gasteiger partial charge on any atom is 0.127 e. The van der Waals surface area contributed by atoms with E-state index >= 15 is 0 Å². The summed E-state index contributed by atoms with van der Waals surface area (Å²) in [5.41, 5.74) is 1.03. The second kappa shape index (κ2) is 5.57. The molecule has 0 aliphatic rings. The average molecular weight is 263 g/mol. The van der Waals surface area contributed by atoms with Crippen molar-refractivity contribution in [3.63, 3.8) is 0 Å². The largest absolute Gasteiger partial charge is 0.365 e. The van der Waals surface area contributed by atoms with E-state index in [4.69, 9.17) is 11.6 Å². The van der Waals surface area contributed by atoms with Crippen molar-refractivity contribution in [2.75, 3.05) is 11.2 Å². The molecule has 2 aromatic rings. The standard InChI is InChI=1S/C15H19ClN2/c1-3-15(2,10-11-16)18-14-9-8-12-6-4-5-7-13(12)17-14/h4-9H,3,10-11H2,1-2H3,(H,17,18). The second-order valence-electron chi connectivity index (χ2n) is 4.87. The summed E-state index contributed by atoms with van der Waals surface area (Å²) in [6.07, 6.45) is 1.95. The molecule has 3 heteroatoms. The van der Waals surface area contributed by atoms with Gasteiger partial charge in [-0.15, -0.1) is 11.6 Å². The van der Waals surface area contributed by atoms with E-state index in [1.165, 1.54) is 5.39 Å². The maximum absolute atomic E-state index is 5.87. The van der Waals surface area contributed by atoms with Gasteiger partial charge in [0.25, 0.3) is 0 Å². The molecule has 0 saturated heterocycles. The van der Waals surface area contributed by atoms with Crippen molar-refractivity contribution < 1.29 is 0 Å². The molecule has 1 N–H and O–H groups in total. The van der Waals surface area contributed by atoms with E-state index in [-0.39, 0.29) is 5.54 Å². The normalized spacial score (nSPS) is 14.4. The molecule has 0 saturated carbocycles. The van der Waals surface area contributed by atoms with Gasteiger partial charge in [-0.3, -0.25) is 0 Å². The number of rotatable bonds is 5. The van der Waals surface area contributed by atoms with Crippen molar-refractivity contribution in [1.82, 2.24) is 4.98 Å². The van der Waals surface area contributed by atoms with Crippen LogP contribution < -0.4 is 5.32 Å². The monoisotopic (exact) mass is 262 g/mol. The van der Waals surface area contributed by atoms with Gasteiger partial charge in [-0.25, -0.2) is 4.98 Å². The van der Waals surface area contributed by atoms with Crippen molar-refractivity contribution in [3.05, 3.63) is 36.4 Å². The van der Waals surface area contributed by atoms with Crippen molar-refractivity contribution in [3.8, 4) is 0 Å². The number of aromatic nitrogens is 1. The van der Waals surface area contributed by atoms with Crippen molar-refractivity contribution in [2.45, 2.75) is 32.2 Å². The number of hydrogen-bond donors (Lipinski definition) is 1. The molecule has 0 spiro atoms. The first-order valence-electron chi connectivity index (χ1n) is 6.37. The van der Waals surface area contributed by atoms with Gasteiger partial charge in [-0.05, 0) is 38.0 Å². The molecule has 1 heterocycles. The lowest BCUT2D eigenvalue weighted by Gasteiger charge is -2.29. The topological polar surface area (TPSA) is 24.9 Å². The molecule has 0 bridgehead atoms. The number of hydrogen-bond acceptors (Lipinski definition) is 2. The average Bonchev–Trinajstić information content (AvgIpc) is 2.39. The Hall–Kier alpha value is -1.28. The maximum atomic E-state index is 5.87. The van der Waals surface area contributed by atoms with E-state index < -0.39 is 0 Å². The third-order valence-corrected chi connectivity index (χ3v) is 3.64. The van der Waals surface area contributed by atoms with Gasteiger partial charge in [-0.2, -0.15) is 0 Å². The molecule has 0 aliphatic heterocycles. The number of fused-ring (bicyclic) bond motifs is 1. The quantitative estimate of drug-likeness (QED) is 0.806. The Balaban J connectivity index is 2.26. The predicted octanol–water partition coefficient (Wildman–Crippen LogP) is 4.44. The number of pyridine rings is 1. The van der Waals surface area contributed by atoms with E-state index in [9.17, 15) is 0 Å². The van der Waals surface area contributed by atoms with Gasteiger partial charge < -0.3 is 5.32 Å². The molecule has 96 valence electrons. The highest BCUT2D eigenvalue weighted by Gasteiger charge is 2.21. The number of para-hydroxylation sites is 1. The van der Waals surface area contributed by atoms with Gasteiger partial charge >= 0.3 is 0 Å². The molecule has 1 aromatic carbocycles. The minimum atomic E-state index is 0.0111. The number of nitrogens with zero attached hydrogens (tertiary/aromatic N) is 1. The molecule has 18 heavy (non-hydrogen) atoms. The summed E-state index contributed by atoms with van der Waals surface area (Å²) >= 11 is 5.87. The number of benzene rings is 1. The highest BCUT2D eigenvalue weighted by molar-refractivity contribution is 6.17. The van der Waals surface area contributed by atoms with E-state index in [1.807, 2.05) is 24.3 Å². The molecule has 0 aliphatic carbocycles. The van der Waals surface area contributed by atoms with Crippen LogP contribution in [-0.4, -0.2) is 16.4 Å². The van der Waals surface area contributed by atoms with Gasteiger partial charge in [-0.1, -0.05) is 25.1 Å². The Morgan fingerprint density at radius 2 is 2.00 bits per heavy atom. The zero-order valence-electron chi connectivity index (χ0n) is 10.9. The Bertz CT molecular complexity index is 527. The van der Waals surface area contributed by atoms with Crippen LogP contribution in [0.3, 0.4) is 0 Å². The molecule has 1 atom stereocenters. The molecule has 1 aromatic heterocycles. The fourth-order valence-electron chi connectivity index (χ4n) is 1.98. The summed E-state index contributed by atoms with van der Waals surface area (Å²) in [6.45, 7) is 4.35. The van der Waals surface area contributed by atoms with Gasteiger partial charge in [0.05, 0.1) is 5.52 Å². The summed E-state index contributed by atoms with van der Waals surface area (Å²) < 4.78 is 0. The first-order chi connectivity index (χ1) is 8.67. The Morgan fingerprint density at radius 1 is 1.22 bits per heavy atom. The van der Waals surface area contributed by atoms with E-state index in [1.54, 1.807) is 0 Å². The lowest BCUT2D eigenvalue weighted by molar-refractivity contribution is 0.479. The number of anilines is 1. The predicted molar refractivity (Wildman–Crippen MR) is 79.4 cm³/mol. The summed E-state index contributed by atoms with van der Waals surface area (Å²) in [6, 6.07) is 12.3. The lowest BCUT2D eigenvalue weighted by atomic mass is 9.95.